The van der Waals surface area contributed by atoms with Crippen molar-refractivity contribution in [2.24, 2.45) is 0 Å². The fourth-order valence-corrected chi connectivity index (χ4v) is 2.74. The van der Waals surface area contributed by atoms with E-state index in [1.54, 1.807) is 6.20 Å². The third-order valence-corrected chi connectivity index (χ3v) is 4.39. The van der Waals surface area contributed by atoms with Crippen molar-refractivity contribution in [2.45, 2.75) is 13.8 Å². The van der Waals surface area contributed by atoms with Gasteiger partial charge in [-0.05, 0) is 53.5 Å². The standard InChI is InChI=1S/C12H11BrN2OS/c1-7-5-10(17-11(7)13)12(16)15-9-4-3-8(2)14-6-9/h3-6H,1-2H3,(H,15,16). The zero-order valence-electron chi connectivity index (χ0n) is 9.45. The molecule has 0 aromatic carbocycles. The molecule has 5 heteroatoms. The van der Waals surface area contributed by atoms with Crippen molar-refractivity contribution in [1.82, 2.24) is 4.98 Å². The molecule has 1 amide bonds. The van der Waals surface area contributed by atoms with E-state index in [9.17, 15) is 4.79 Å². The minimum absolute atomic E-state index is 0.102. The van der Waals surface area contributed by atoms with Crippen molar-refractivity contribution in [3.05, 3.63) is 44.3 Å². The molecule has 0 aliphatic rings. The lowest BCUT2D eigenvalue weighted by molar-refractivity contribution is 0.103. The van der Waals surface area contributed by atoms with E-state index in [1.165, 1.54) is 11.3 Å². The fourth-order valence-electron chi connectivity index (χ4n) is 1.31. The molecule has 0 radical (unpaired) electrons. The molecule has 0 spiro atoms. The van der Waals surface area contributed by atoms with E-state index in [4.69, 9.17) is 0 Å². The highest BCUT2D eigenvalue weighted by Gasteiger charge is 2.11. The van der Waals surface area contributed by atoms with Gasteiger partial charge in [-0.3, -0.25) is 9.78 Å². The van der Waals surface area contributed by atoms with Gasteiger partial charge in [-0.15, -0.1) is 11.3 Å². The molecule has 0 aliphatic heterocycles. The average Bonchev–Trinajstić information content (AvgIpc) is 2.63. The molecule has 0 aliphatic carbocycles. The number of pyridine rings is 1. The molecule has 0 saturated heterocycles. The second-order valence-electron chi connectivity index (χ2n) is 3.71. The molecular weight excluding hydrogens is 300 g/mol. The minimum Gasteiger partial charge on any atom is -0.320 e. The van der Waals surface area contributed by atoms with Gasteiger partial charge in [0.25, 0.3) is 5.91 Å². The number of aromatic nitrogens is 1. The number of carbonyl (C=O) groups is 1. The van der Waals surface area contributed by atoms with E-state index < -0.39 is 0 Å². The number of carbonyl (C=O) groups excluding carboxylic acids is 1. The predicted molar refractivity (Wildman–Crippen MR) is 73.7 cm³/mol. The maximum Gasteiger partial charge on any atom is 0.265 e. The van der Waals surface area contributed by atoms with Crippen LogP contribution in [0.3, 0.4) is 0 Å². The summed E-state index contributed by atoms with van der Waals surface area (Å²) >= 11 is 4.83. The number of hydrogen-bond donors (Lipinski definition) is 1. The maximum atomic E-state index is 11.9. The number of thiophene rings is 1. The number of nitrogens with zero attached hydrogens (tertiary/aromatic N) is 1. The highest BCUT2D eigenvalue weighted by Crippen LogP contribution is 2.27. The first kappa shape index (κ1) is 12.3. The van der Waals surface area contributed by atoms with Crippen LogP contribution in [-0.2, 0) is 0 Å². The number of anilines is 1. The van der Waals surface area contributed by atoms with Gasteiger partial charge in [0.1, 0.15) is 0 Å². The predicted octanol–water partition coefficient (Wildman–Crippen LogP) is 3.77. The molecule has 2 heterocycles. The van der Waals surface area contributed by atoms with E-state index in [2.05, 4.69) is 26.2 Å². The number of rotatable bonds is 2. The van der Waals surface area contributed by atoms with Gasteiger partial charge in [-0.1, -0.05) is 0 Å². The van der Waals surface area contributed by atoms with E-state index in [0.717, 1.165) is 15.0 Å². The molecule has 0 bridgehead atoms. The Balaban J connectivity index is 2.14. The summed E-state index contributed by atoms with van der Waals surface area (Å²) in [6.07, 6.45) is 1.66. The van der Waals surface area contributed by atoms with Gasteiger partial charge in [-0.2, -0.15) is 0 Å². The Morgan fingerprint density at radius 2 is 2.18 bits per heavy atom. The van der Waals surface area contributed by atoms with Crippen LogP contribution in [0.15, 0.2) is 28.2 Å². The lowest BCUT2D eigenvalue weighted by atomic mass is 10.3. The Labute approximate surface area is 112 Å². The van der Waals surface area contributed by atoms with Crippen molar-refractivity contribution in [3.63, 3.8) is 0 Å². The SMILES string of the molecule is Cc1ccc(NC(=O)c2cc(C)c(Br)s2)cn1. The number of aryl methyl sites for hydroxylation is 2. The topological polar surface area (TPSA) is 42.0 Å². The molecule has 0 saturated carbocycles. The van der Waals surface area contributed by atoms with Crippen LogP contribution >= 0.6 is 27.3 Å². The van der Waals surface area contributed by atoms with E-state index in [1.807, 2.05) is 32.0 Å². The molecular formula is C12H11BrN2OS. The summed E-state index contributed by atoms with van der Waals surface area (Å²) in [4.78, 5) is 16.7. The highest BCUT2D eigenvalue weighted by molar-refractivity contribution is 9.11. The third kappa shape index (κ3) is 2.92. The normalized spacial score (nSPS) is 10.3. The summed E-state index contributed by atoms with van der Waals surface area (Å²) in [5.74, 6) is -0.102. The lowest BCUT2D eigenvalue weighted by Gasteiger charge is -2.02. The smallest absolute Gasteiger partial charge is 0.265 e. The monoisotopic (exact) mass is 310 g/mol. The summed E-state index contributed by atoms with van der Waals surface area (Å²) in [6.45, 7) is 3.87. The van der Waals surface area contributed by atoms with Crippen LogP contribution in [0.1, 0.15) is 20.9 Å². The van der Waals surface area contributed by atoms with E-state index >= 15 is 0 Å². The zero-order chi connectivity index (χ0) is 12.4. The van der Waals surface area contributed by atoms with Crippen LogP contribution in [0.4, 0.5) is 5.69 Å². The van der Waals surface area contributed by atoms with Gasteiger partial charge < -0.3 is 5.32 Å². The van der Waals surface area contributed by atoms with Crippen LogP contribution in [0.2, 0.25) is 0 Å². The summed E-state index contributed by atoms with van der Waals surface area (Å²) in [6, 6.07) is 5.58. The van der Waals surface area contributed by atoms with Crippen LogP contribution in [-0.4, -0.2) is 10.9 Å². The van der Waals surface area contributed by atoms with Crippen molar-refractivity contribution in [1.29, 1.82) is 0 Å². The first-order valence-corrected chi connectivity index (χ1v) is 6.67. The van der Waals surface area contributed by atoms with Gasteiger partial charge >= 0.3 is 0 Å². The number of hydrogen-bond acceptors (Lipinski definition) is 3. The van der Waals surface area contributed by atoms with Crippen LogP contribution in [0, 0.1) is 13.8 Å². The molecule has 2 aromatic heterocycles. The molecule has 88 valence electrons. The summed E-state index contributed by atoms with van der Waals surface area (Å²) in [7, 11) is 0. The Kier molecular flexibility index (Phi) is 3.59. The third-order valence-electron chi connectivity index (χ3n) is 2.25. The van der Waals surface area contributed by atoms with Gasteiger partial charge in [0.2, 0.25) is 0 Å². The Morgan fingerprint density at radius 1 is 1.41 bits per heavy atom. The first-order valence-electron chi connectivity index (χ1n) is 5.06. The second kappa shape index (κ2) is 4.98. The molecule has 0 unspecified atom stereocenters. The van der Waals surface area contributed by atoms with Crippen LogP contribution in [0.25, 0.3) is 0 Å². The van der Waals surface area contributed by atoms with Crippen molar-refractivity contribution < 1.29 is 4.79 Å². The molecule has 3 nitrogen and oxygen atoms in total. The van der Waals surface area contributed by atoms with Gasteiger partial charge in [0.05, 0.1) is 20.5 Å². The van der Waals surface area contributed by atoms with Crippen molar-refractivity contribution >= 4 is 38.9 Å². The number of nitrogens with one attached hydrogen (secondary N) is 1. The summed E-state index contributed by atoms with van der Waals surface area (Å²) in [5.41, 5.74) is 2.71. The quantitative estimate of drug-likeness (QED) is 0.917. The van der Waals surface area contributed by atoms with Gasteiger partial charge in [0.15, 0.2) is 0 Å². The molecule has 2 aromatic rings. The Morgan fingerprint density at radius 3 is 2.71 bits per heavy atom. The van der Waals surface area contributed by atoms with E-state index in [0.29, 0.717) is 10.6 Å². The Hall–Kier alpha value is -1.20. The minimum atomic E-state index is -0.102. The van der Waals surface area contributed by atoms with Gasteiger partial charge in [-0.25, -0.2) is 0 Å². The van der Waals surface area contributed by atoms with E-state index in [-0.39, 0.29) is 5.91 Å². The molecule has 1 N–H and O–H groups in total. The van der Waals surface area contributed by atoms with Crippen molar-refractivity contribution in [3.8, 4) is 0 Å². The largest absolute Gasteiger partial charge is 0.320 e. The molecule has 0 atom stereocenters. The molecule has 17 heavy (non-hydrogen) atoms. The number of halogens is 1. The van der Waals surface area contributed by atoms with Gasteiger partial charge in [0, 0.05) is 5.69 Å². The molecule has 0 fully saturated rings. The van der Waals surface area contributed by atoms with Crippen LogP contribution < -0.4 is 5.32 Å². The van der Waals surface area contributed by atoms with Crippen molar-refractivity contribution in [2.75, 3.05) is 5.32 Å². The molecule has 2 rings (SSSR count). The first-order chi connectivity index (χ1) is 8.06. The zero-order valence-corrected chi connectivity index (χ0v) is 11.9. The fraction of sp³-hybridized carbons (Fsp3) is 0.167. The summed E-state index contributed by atoms with van der Waals surface area (Å²) < 4.78 is 0.990. The lowest BCUT2D eigenvalue weighted by Crippen LogP contribution is -2.10. The number of amides is 1. The second-order valence-corrected chi connectivity index (χ2v) is 6.08. The summed E-state index contributed by atoms with van der Waals surface area (Å²) in [5, 5.41) is 2.81. The van der Waals surface area contributed by atoms with Crippen LogP contribution in [0.5, 0.6) is 0 Å². The average molecular weight is 311 g/mol. The Bertz CT molecular complexity index is 529. The highest BCUT2D eigenvalue weighted by atomic mass is 79.9. The maximum absolute atomic E-state index is 11.9.